The van der Waals surface area contributed by atoms with Crippen LogP contribution >= 0.6 is 0 Å². The van der Waals surface area contributed by atoms with Crippen LogP contribution in [0.1, 0.15) is 48.4 Å². The number of piperidine rings is 1. The molecule has 2 heterocycles. The summed E-state index contributed by atoms with van der Waals surface area (Å²) in [6.07, 6.45) is 4.08. The number of likely N-dealkylation sites (tertiary alicyclic amines) is 1. The number of esters is 1. The van der Waals surface area contributed by atoms with Crippen LogP contribution in [0, 0.1) is 5.92 Å². The maximum Gasteiger partial charge on any atom is 0.309 e. The van der Waals surface area contributed by atoms with Gasteiger partial charge in [0.15, 0.2) is 12.4 Å². The van der Waals surface area contributed by atoms with E-state index < -0.39 is 5.97 Å². The molecule has 1 saturated heterocycles. The summed E-state index contributed by atoms with van der Waals surface area (Å²) in [7, 11) is 0. The largest absolute Gasteiger partial charge is 0.459 e. The van der Waals surface area contributed by atoms with Crippen LogP contribution < -0.4 is 5.32 Å². The van der Waals surface area contributed by atoms with E-state index in [0.717, 1.165) is 29.7 Å². The van der Waals surface area contributed by atoms with Gasteiger partial charge in [0.25, 0.3) is 11.8 Å². The van der Waals surface area contributed by atoms with Crippen LogP contribution in [0.25, 0.3) is 0 Å². The first kappa shape index (κ1) is 21.6. The van der Waals surface area contributed by atoms with Gasteiger partial charge in [-0.25, -0.2) is 0 Å². The fraction of sp³-hybridized carbons (Fsp3) is 0.435. The van der Waals surface area contributed by atoms with Crippen LogP contribution in [-0.2, 0) is 27.2 Å². The molecule has 1 fully saturated rings. The first-order valence-corrected chi connectivity index (χ1v) is 10.4. The molecule has 0 unspecified atom stereocenters. The molecule has 30 heavy (non-hydrogen) atoms. The van der Waals surface area contributed by atoms with Crippen molar-refractivity contribution < 1.29 is 23.5 Å². The van der Waals surface area contributed by atoms with E-state index in [4.69, 9.17) is 9.15 Å². The fourth-order valence-corrected chi connectivity index (χ4v) is 3.71. The maximum atomic E-state index is 12.4. The Hall–Kier alpha value is -3.09. The second-order valence-electron chi connectivity index (χ2n) is 7.36. The molecule has 0 saturated carbocycles. The van der Waals surface area contributed by atoms with Crippen molar-refractivity contribution in [3.63, 3.8) is 0 Å². The number of rotatable bonds is 7. The van der Waals surface area contributed by atoms with E-state index in [1.165, 1.54) is 6.26 Å². The van der Waals surface area contributed by atoms with Gasteiger partial charge in [-0.1, -0.05) is 32.0 Å². The van der Waals surface area contributed by atoms with Crippen molar-refractivity contribution in [1.82, 2.24) is 4.90 Å². The Kier molecular flexibility index (Phi) is 7.27. The highest BCUT2D eigenvalue weighted by Gasteiger charge is 2.30. The SMILES string of the molecule is CCc1cccc(CC)c1NC(=O)COC(=O)C1CCN(C(=O)c2ccco2)CC1. The summed E-state index contributed by atoms with van der Waals surface area (Å²) in [6, 6.07) is 9.25. The topological polar surface area (TPSA) is 88.9 Å². The highest BCUT2D eigenvalue weighted by Crippen LogP contribution is 2.23. The minimum Gasteiger partial charge on any atom is -0.459 e. The van der Waals surface area contributed by atoms with Crippen LogP contribution in [0.3, 0.4) is 0 Å². The summed E-state index contributed by atoms with van der Waals surface area (Å²) in [4.78, 5) is 38.7. The number of nitrogens with one attached hydrogen (secondary N) is 1. The third kappa shape index (κ3) is 5.09. The minimum absolute atomic E-state index is 0.174. The maximum absolute atomic E-state index is 12.4. The number of para-hydroxylation sites is 1. The normalized spacial score (nSPS) is 14.4. The van der Waals surface area contributed by atoms with E-state index in [1.54, 1.807) is 17.0 Å². The molecule has 7 nitrogen and oxygen atoms in total. The van der Waals surface area contributed by atoms with Crippen molar-refractivity contribution in [2.75, 3.05) is 25.0 Å². The standard InChI is InChI=1S/C23H28N2O5/c1-3-16-7-5-8-17(4-2)21(16)24-20(26)15-30-23(28)18-10-12-25(13-11-18)22(27)19-9-6-14-29-19/h5-9,14,18H,3-4,10-13,15H2,1-2H3,(H,24,26). The third-order valence-corrected chi connectivity index (χ3v) is 5.46. The number of anilines is 1. The number of nitrogens with zero attached hydrogens (tertiary/aromatic N) is 1. The molecule has 0 aliphatic carbocycles. The van der Waals surface area contributed by atoms with Crippen LogP contribution in [-0.4, -0.2) is 42.4 Å². The summed E-state index contributed by atoms with van der Waals surface area (Å²) in [5.41, 5.74) is 2.93. The van der Waals surface area contributed by atoms with Crippen LogP contribution in [0.2, 0.25) is 0 Å². The minimum atomic E-state index is -0.394. The summed E-state index contributed by atoms with van der Waals surface area (Å²) in [5.74, 6) is -0.925. The van der Waals surface area contributed by atoms with E-state index in [2.05, 4.69) is 5.32 Å². The molecule has 1 N–H and O–H groups in total. The molecule has 0 bridgehead atoms. The molecule has 3 rings (SSSR count). The Morgan fingerprint density at radius 3 is 2.30 bits per heavy atom. The summed E-state index contributed by atoms with van der Waals surface area (Å²) < 4.78 is 10.4. The molecule has 2 amide bonds. The van der Waals surface area contributed by atoms with Gasteiger partial charge in [0.2, 0.25) is 0 Å². The first-order chi connectivity index (χ1) is 14.5. The molecular formula is C23H28N2O5. The molecule has 1 aliphatic heterocycles. The number of carbonyl (C=O) groups is 3. The zero-order valence-corrected chi connectivity index (χ0v) is 17.5. The van der Waals surface area contributed by atoms with Gasteiger partial charge >= 0.3 is 5.97 Å². The van der Waals surface area contributed by atoms with E-state index in [0.29, 0.717) is 31.7 Å². The van der Waals surface area contributed by atoms with Crippen molar-refractivity contribution in [3.05, 3.63) is 53.5 Å². The molecule has 1 aromatic carbocycles. The van der Waals surface area contributed by atoms with Crippen molar-refractivity contribution in [3.8, 4) is 0 Å². The second-order valence-corrected chi connectivity index (χ2v) is 7.36. The predicted molar refractivity (Wildman–Crippen MR) is 112 cm³/mol. The lowest BCUT2D eigenvalue weighted by Crippen LogP contribution is -2.40. The van der Waals surface area contributed by atoms with Gasteiger partial charge in [0.05, 0.1) is 12.2 Å². The lowest BCUT2D eigenvalue weighted by molar-refractivity contribution is -0.152. The quantitative estimate of drug-likeness (QED) is 0.704. The van der Waals surface area contributed by atoms with Gasteiger partial charge in [-0.2, -0.15) is 0 Å². The predicted octanol–water partition coefficient (Wildman–Crippen LogP) is 3.44. The van der Waals surface area contributed by atoms with Gasteiger partial charge in [0, 0.05) is 18.8 Å². The number of furan rings is 1. The van der Waals surface area contributed by atoms with Crippen LogP contribution in [0.15, 0.2) is 41.0 Å². The van der Waals surface area contributed by atoms with Gasteiger partial charge in [-0.3, -0.25) is 14.4 Å². The lowest BCUT2D eigenvalue weighted by Gasteiger charge is -2.30. The monoisotopic (exact) mass is 412 g/mol. The number of hydrogen-bond acceptors (Lipinski definition) is 5. The number of ether oxygens (including phenoxy) is 1. The molecule has 1 aliphatic rings. The Morgan fingerprint density at radius 1 is 1.07 bits per heavy atom. The Bertz CT molecular complexity index is 861. The highest BCUT2D eigenvalue weighted by molar-refractivity contribution is 5.94. The number of benzene rings is 1. The summed E-state index contributed by atoms with van der Waals surface area (Å²) in [6.45, 7) is 4.66. The molecule has 2 aromatic rings. The molecule has 160 valence electrons. The average Bonchev–Trinajstić information content (AvgIpc) is 3.32. The number of amides is 2. The van der Waals surface area contributed by atoms with Crippen LogP contribution in [0.4, 0.5) is 5.69 Å². The van der Waals surface area contributed by atoms with E-state index in [9.17, 15) is 14.4 Å². The Morgan fingerprint density at radius 2 is 1.73 bits per heavy atom. The number of aryl methyl sites for hydroxylation is 2. The van der Waals surface area contributed by atoms with Crippen molar-refractivity contribution in [1.29, 1.82) is 0 Å². The van der Waals surface area contributed by atoms with Crippen LogP contribution in [0.5, 0.6) is 0 Å². The average molecular weight is 412 g/mol. The summed E-state index contributed by atoms with van der Waals surface area (Å²) in [5, 5.41) is 2.90. The highest BCUT2D eigenvalue weighted by atomic mass is 16.5. The number of hydrogen-bond donors (Lipinski definition) is 1. The molecule has 1 aromatic heterocycles. The van der Waals surface area contributed by atoms with E-state index in [1.807, 2.05) is 32.0 Å². The third-order valence-electron chi connectivity index (χ3n) is 5.46. The molecular weight excluding hydrogens is 384 g/mol. The first-order valence-electron chi connectivity index (χ1n) is 10.4. The Labute approximate surface area is 176 Å². The second kappa shape index (κ2) is 10.1. The zero-order valence-electron chi connectivity index (χ0n) is 17.5. The lowest BCUT2D eigenvalue weighted by atomic mass is 9.97. The van der Waals surface area contributed by atoms with Crippen molar-refractivity contribution in [2.45, 2.75) is 39.5 Å². The van der Waals surface area contributed by atoms with Gasteiger partial charge in [-0.15, -0.1) is 0 Å². The van der Waals surface area contributed by atoms with Gasteiger partial charge < -0.3 is 19.4 Å². The van der Waals surface area contributed by atoms with Gasteiger partial charge in [-0.05, 0) is 48.9 Å². The van der Waals surface area contributed by atoms with Gasteiger partial charge in [0.1, 0.15) is 0 Å². The smallest absolute Gasteiger partial charge is 0.309 e. The van der Waals surface area contributed by atoms with E-state index >= 15 is 0 Å². The molecule has 0 atom stereocenters. The molecule has 7 heteroatoms. The molecule has 0 radical (unpaired) electrons. The fourth-order valence-electron chi connectivity index (χ4n) is 3.71. The van der Waals surface area contributed by atoms with Crippen molar-refractivity contribution >= 4 is 23.5 Å². The zero-order chi connectivity index (χ0) is 21.5. The Balaban J connectivity index is 1.47. The number of carbonyl (C=O) groups excluding carboxylic acids is 3. The van der Waals surface area contributed by atoms with Crippen molar-refractivity contribution in [2.24, 2.45) is 5.92 Å². The van der Waals surface area contributed by atoms with E-state index in [-0.39, 0.29) is 24.3 Å². The summed E-state index contributed by atoms with van der Waals surface area (Å²) >= 11 is 0. The molecule has 0 spiro atoms.